The van der Waals surface area contributed by atoms with Crippen LogP contribution in [0, 0.1) is 5.82 Å². The van der Waals surface area contributed by atoms with Crippen LogP contribution in [0.1, 0.15) is 58.1 Å². The molecule has 2 nitrogen and oxygen atoms in total. The molecule has 0 saturated carbocycles. The van der Waals surface area contributed by atoms with Gasteiger partial charge in [0.2, 0.25) is 0 Å². The first-order chi connectivity index (χ1) is 9.14. The Morgan fingerprint density at radius 2 is 2.16 bits per heavy atom. The number of nitrogens with one attached hydrogen (secondary N) is 1. The van der Waals surface area contributed by atoms with E-state index in [2.05, 4.69) is 26.1 Å². The van der Waals surface area contributed by atoms with Gasteiger partial charge in [0.1, 0.15) is 17.2 Å². The van der Waals surface area contributed by atoms with E-state index in [1.807, 2.05) is 0 Å². The van der Waals surface area contributed by atoms with Crippen molar-refractivity contribution in [3.63, 3.8) is 0 Å². The molecule has 0 aromatic heterocycles. The standard InChI is InChI=1S/C16H24FNO/c1-4-9-16(5-2)11-14(18-6-3)13-10-12(17)7-8-15(13)19-16/h7-8,10,14,18H,4-6,9,11H2,1-3H3. The van der Waals surface area contributed by atoms with Crippen LogP contribution in [-0.2, 0) is 0 Å². The van der Waals surface area contributed by atoms with Crippen molar-refractivity contribution in [2.45, 2.75) is 58.1 Å². The smallest absolute Gasteiger partial charge is 0.125 e. The Morgan fingerprint density at radius 3 is 2.79 bits per heavy atom. The van der Waals surface area contributed by atoms with Crippen molar-refractivity contribution < 1.29 is 9.13 Å². The van der Waals surface area contributed by atoms with Gasteiger partial charge in [0.05, 0.1) is 0 Å². The van der Waals surface area contributed by atoms with E-state index in [-0.39, 0.29) is 17.5 Å². The van der Waals surface area contributed by atoms with Crippen molar-refractivity contribution in [2.24, 2.45) is 0 Å². The van der Waals surface area contributed by atoms with Gasteiger partial charge < -0.3 is 10.1 Å². The van der Waals surface area contributed by atoms with E-state index in [0.29, 0.717) is 0 Å². The summed E-state index contributed by atoms with van der Waals surface area (Å²) in [6, 6.07) is 5.05. The molecule has 2 atom stereocenters. The van der Waals surface area contributed by atoms with Gasteiger partial charge in [-0.15, -0.1) is 0 Å². The van der Waals surface area contributed by atoms with Gasteiger partial charge in [-0.1, -0.05) is 27.2 Å². The van der Waals surface area contributed by atoms with Crippen LogP contribution in [0.4, 0.5) is 4.39 Å². The van der Waals surface area contributed by atoms with Crippen LogP contribution in [0.15, 0.2) is 18.2 Å². The molecule has 3 heteroatoms. The molecule has 0 spiro atoms. The first kappa shape index (κ1) is 14.3. The summed E-state index contributed by atoms with van der Waals surface area (Å²) in [5.41, 5.74) is 0.855. The summed E-state index contributed by atoms with van der Waals surface area (Å²) in [7, 11) is 0. The van der Waals surface area contributed by atoms with Crippen LogP contribution in [0.25, 0.3) is 0 Å². The van der Waals surface area contributed by atoms with Gasteiger partial charge in [-0.05, 0) is 37.6 Å². The highest BCUT2D eigenvalue weighted by atomic mass is 19.1. The molecule has 0 saturated heterocycles. The third kappa shape index (κ3) is 2.92. The molecule has 1 heterocycles. The van der Waals surface area contributed by atoms with E-state index in [9.17, 15) is 4.39 Å². The molecule has 1 aromatic carbocycles. The second kappa shape index (κ2) is 5.91. The normalized spacial score (nSPS) is 25.8. The maximum absolute atomic E-state index is 13.4. The molecule has 0 radical (unpaired) electrons. The lowest BCUT2D eigenvalue weighted by Gasteiger charge is -2.42. The molecule has 1 aromatic rings. The first-order valence-electron chi connectivity index (χ1n) is 7.36. The van der Waals surface area contributed by atoms with E-state index in [1.165, 1.54) is 6.07 Å². The average Bonchev–Trinajstić information content (AvgIpc) is 2.40. The molecule has 1 aliphatic rings. The summed E-state index contributed by atoms with van der Waals surface area (Å²) >= 11 is 0. The molecule has 0 bridgehead atoms. The third-order valence-electron chi connectivity index (χ3n) is 4.05. The van der Waals surface area contributed by atoms with Gasteiger partial charge in [0.15, 0.2) is 0 Å². The minimum atomic E-state index is -0.190. The fourth-order valence-electron chi connectivity index (χ4n) is 3.07. The average molecular weight is 265 g/mol. The lowest BCUT2D eigenvalue weighted by Crippen LogP contribution is -2.43. The van der Waals surface area contributed by atoms with Gasteiger partial charge in [-0.25, -0.2) is 4.39 Å². The second-order valence-electron chi connectivity index (χ2n) is 5.39. The predicted molar refractivity (Wildman–Crippen MR) is 76.0 cm³/mol. The zero-order chi connectivity index (χ0) is 13.9. The summed E-state index contributed by atoms with van der Waals surface area (Å²) < 4.78 is 19.7. The Kier molecular flexibility index (Phi) is 4.46. The quantitative estimate of drug-likeness (QED) is 0.861. The number of halogens is 1. The van der Waals surface area contributed by atoms with E-state index in [1.54, 1.807) is 12.1 Å². The Balaban J connectivity index is 2.37. The molecule has 19 heavy (non-hydrogen) atoms. The molecule has 106 valence electrons. The van der Waals surface area contributed by atoms with Crippen molar-refractivity contribution in [2.75, 3.05) is 6.54 Å². The number of hydrogen-bond donors (Lipinski definition) is 1. The van der Waals surface area contributed by atoms with Crippen LogP contribution < -0.4 is 10.1 Å². The van der Waals surface area contributed by atoms with Gasteiger partial charge in [0.25, 0.3) is 0 Å². The SMILES string of the molecule is CCCC1(CC)CC(NCC)c2cc(F)ccc2O1. The van der Waals surface area contributed by atoms with E-state index >= 15 is 0 Å². The van der Waals surface area contributed by atoms with Crippen LogP contribution >= 0.6 is 0 Å². The van der Waals surface area contributed by atoms with Gasteiger partial charge in [0, 0.05) is 18.0 Å². The fraction of sp³-hybridized carbons (Fsp3) is 0.625. The Morgan fingerprint density at radius 1 is 1.37 bits per heavy atom. The van der Waals surface area contributed by atoms with Gasteiger partial charge >= 0.3 is 0 Å². The number of benzene rings is 1. The summed E-state index contributed by atoms with van der Waals surface area (Å²) in [5.74, 6) is 0.652. The molecule has 0 aliphatic carbocycles. The number of fused-ring (bicyclic) bond motifs is 1. The molecule has 2 rings (SSSR count). The summed E-state index contributed by atoms with van der Waals surface area (Å²) in [5, 5.41) is 3.47. The van der Waals surface area contributed by atoms with Crippen LogP contribution in [-0.4, -0.2) is 12.1 Å². The Bertz CT molecular complexity index is 435. The largest absolute Gasteiger partial charge is 0.487 e. The minimum absolute atomic E-state index is 0.105. The molecule has 1 aliphatic heterocycles. The highest BCUT2D eigenvalue weighted by Crippen LogP contribution is 2.43. The number of hydrogen-bond acceptors (Lipinski definition) is 2. The van der Waals surface area contributed by atoms with Crippen LogP contribution in [0.3, 0.4) is 0 Å². The van der Waals surface area contributed by atoms with E-state index < -0.39 is 0 Å². The molecule has 1 N–H and O–H groups in total. The topological polar surface area (TPSA) is 21.3 Å². The third-order valence-corrected chi connectivity index (χ3v) is 4.05. The minimum Gasteiger partial charge on any atom is -0.487 e. The lowest BCUT2D eigenvalue weighted by molar-refractivity contribution is 0.0178. The number of rotatable bonds is 5. The maximum Gasteiger partial charge on any atom is 0.125 e. The summed E-state index contributed by atoms with van der Waals surface area (Å²) in [6.45, 7) is 7.32. The Hall–Kier alpha value is -1.09. The second-order valence-corrected chi connectivity index (χ2v) is 5.39. The van der Waals surface area contributed by atoms with Crippen molar-refractivity contribution in [1.29, 1.82) is 0 Å². The van der Waals surface area contributed by atoms with Crippen LogP contribution in [0.5, 0.6) is 5.75 Å². The Labute approximate surface area is 115 Å². The monoisotopic (exact) mass is 265 g/mol. The van der Waals surface area contributed by atoms with Crippen molar-refractivity contribution in [1.82, 2.24) is 5.32 Å². The summed E-state index contributed by atoms with van der Waals surface area (Å²) in [6.07, 6.45) is 4.05. The van der Waals surface area contributed by atoms with E-state index in [4.69, 9.17) is 4.74 Å². The molecule has 0 amide bonds. The lowest BCUT2D eigenvalue weighted by atomic mass is 9.82. The zero-order valence-corrected chi connectivity index (χ0v) is 12.1. The van der Waals surface area contributed by atoms with E-state index in [0.717, 1.165) is 43.5 Å². The fourth-order valence-corrected chi connectivity index (χ4v) is 3.07. The molecule has 0 fully saturated rings. The zero-order valence-electron chi connectivity index (χ0n) is 12.1. The first-order valence-corrected chi connectivity index (χ1v) is 7.36. The van der Waals surface area contributed by atoms with Crippen molar-refractivity contribution in [3.05, 3.63) is 29.6 Å². The predicted octanol–water partition coefficient (Wildman–Crippen LogP) is 4.21. The molecule has 2 unspecified atom stereocenters. The number of ether oxygens (including phenoxy) is 1. The van der Waals surface area contributed by atoms with Gasteiger partial charge in [-0.3, -0.25) is 0 Å². The maximum atomic E-state index is 13.4. The molecular formula is C16H24FNO. The van der Waals surface area contributed by atoms with Crippen LogP contribution in [0.2, 0.25) is 0 Å². The molecular weight excluding hydrogens is 241 g/mol. The van der Waals surface area contributed by atoms with Gasteiger partial charge in [-0.2, -0.15) is 0 Å². The summed E-state index contributed by atoms with van der Waals surface area (Å²) in [4.78, 5) is 0. The highest BCUT2D eigenvalue weighted by molar-refractivity contribution is 5.39. The highest BCUT2D eigenvalue weighted by Gasteiger charge is 2.38. The van der Waals surface area contributed by atoms with Crippen molar-refractivity contribution >= 4 is 0 Å². The van der Waals surface area contributed by atoms with Crippen molar-refractivity contribution in [3.8, 4) is 5.75 Å².